The number of hydrogen-bond acceptors (Lipinski definition) is 5. The number of benzene rings is 1. The minimum Gasteiger partial charge on any atom is -0.481 e. The number of carboxylic acids is 1. The third-order valence-electron chi connectivity index (χ3n) is 3.22. The standard InChI is InChI=1S/C15H14N4O2S/c16-9-12-15(13-2-1-7-22-13)19(18-17-12)11-5-3-10(4-6-11)8-14(20)21/h1-7H,8-9,16H2,(H,20,21). The van der Waals surface area contributed by atoms with Gasteiger partial charge in [0.1, 0.15) is 11.4 Å². The lowest BCUT2D eigenvalue weighted by molar-refractivity contribution is -0.136. The van der Waals surface area contributed by atoms with Crippen LogP contribution in [0, 0.1) is 0 Å². The first-order valence-electron chi connectivity index (χ1n) is 6.68. The molecule has 0 atom stereocenters. The highest BCUT2D eigenvalue weighted by Crippen LogP contribution is 2.29. The second-order valence-corrected chi connectivity index (χ2v) is 5.66. The van der Waals surface area contributed by atoms with Crippen LogP contribution in [0.1, 0.15) is 11.3 Å². The topological polar surface area (TPSA) is 94.0 Å². The summed E-state index contributed by atoms with van der Waals surface area (Å²) in [5.41, 5.74) is 8.93. The zero-order valence-corrected chi connectivity index (χ0v) is 12.5. The van der Waals surface area contributed by atoms with Gasteiger partial charge in [-0.2, -0.15) is 0 Å². The van der Waals surface area contributed by atoms with Crippen LogP contribution in [0.25, 0.3) is 16.3 Å². The predicted octanol–water partition coefficient (Wildman–Crippen LogP) is 2.08. The molecule has 0 saturated carbocycles. The summed E-state index contributed by atoms with van der Waals surface area (Å²) in [6.45, 7) is 0.310. The van der Waals surface area contributed by atoms with Crippen molar-refractivity contribution in [3.8, 4) is 16.3 Å². The van der Waals surface area contributed by atoms with Gasteiger partial charge >= 0.3 is 5.97 Å². The summed E-state index contributed by atoms with van der Waals surface area (Å²) in [6.07, 6.45) is 0.00344. The van der Waals surface area contributed by atoms with Gasteiger partial charge in [0.15, 0.2) is 0 Å². The third kappa shape index (κ3) is 2.76. The fourth-order valence-electron chi connectivity index (χ4n) is 2.22. The molecule has 7 heteroatoms. The molecule has 0 aliphatic carbocycles. The maximum atomic E-state index is 10.7. The Kier molecular flexibility index (Phi) is 3.99. The Morgan fingerprint density at radius 3 is 2.64 bits per heavy atom. The largest absolute Gasteiger partial charge is 0.481 e. The van der Waals surface area contributed by atoms with Crippen LogP contribution in [-0.2, 0) is 17.8 Å². The molecular weight excluding hydrogens is 300 g/mol. The highest BCUT2D eigenvalue weighted by atomic mass is 32.1. The summed E-state index contributed by atoms with van der Waals surface area (Å²) in [5, 5.41) is 19.1. The van der Waals surface area contributed by atoms with Crippen molar-refractivity contribution in [3.63, 3.8) is 0 Å². The maximum Gasteiger partial charge on any atom is 0.307 e. The lowest BCUT2D eigenvalue weighted by Gasteiger charge is -2.07. The Morgan fingerprint density at radius 1 is 1.27 bits per heavy atom. The van der Waals surface area contributed by atoms with Crippen molar-refractivity contribution in [2.45, 2.75) is 13.0 Å². The first kappa shape index (κ1) is 14.4. The van der Waals surface area contributed by atoms with Gasteiger partial charge in [0.2, 0.25) is 0 Å². The number of hydrogen-bond donors (Lipinski definition) is 2. The average molecular weight is 314 g/mol. The molecule has 0 radical (unpaired) electrons. The molecule has 2 heterocycles. The molecule has 0 saturated heterocycles. The molecule has 6 nitrogen and oxygen atoms in total. The first-order chi connectivity index (χ1) is 10.7. The smallest absolute Gasteiger partial charge is 0.307 e. The summed E-state index contributed by atoms with van der Waals surface area (Å²) in [4.78, 5) is 11.8. The van der Waals surface area contributed by atoms with Gasteiger partial charge in [-0.25, -0.2) is 4.68 Å². The minimum absolute atomic E-state index is 0.00344. The van der Waals surface area contributed by atoms with E-state index in [9.17, 15) is 4.79 Å². The third-order valence-corrected chi connectivity index (χ3v) is 4.10. The Morgan fingerprint density at radius 2 is 2.05 bits per heavy atom. The van der Waals surface area contributed by atoms with Crippen molar-refractivity contribution in [1.82, 2.24) is 15.0 Å². The molecule has 3 aromatic rings. The van der Waals surface area contributed by atoms with Crippen molar-refractivity contribution in [3.05, 3.63) is 53.0 Å². The van der Waals surface area contributed by atoms with Crippen molar-refractivity contribution in [2.24, 2.45) is 5.73 Å². The molecule has 1 aromatic carbocycles. The van der Waals surface area contributed by atoms with Crippen molar-refractivity contribution in [1.29, 1.82) is 0 Å². The van der Waals surface area contributed by atoms with Crippen molar-refractivity contribution in [2.75, 3.05) is 0 Å². The van der Waals surface area contributed by atoms with Crippen molar-refractivity contribution < 1.29 is 9.90 Å². The Balaban J connectivity index is 2.02. The van der Waals surface area contributed by atoms with E-state index in [0.29, 0.717) is 6.54 Å². The molecule has 112 valence electrons. The molecular formula is C15H14N4O2S. The number of aromatic nitrogens is 3. The van der Waals surface area contributed by atoms with E-state index in [-0.39, 0.29) is 6.42 Å². The Hall–Kier alpha value is -2.51. The van der Waals surface area contributed by atoms with E-state index >= 15 is 0 Å². The van der Waals surface area contributed by atoms with Crippen LogP contribution in [0.15, 0.2) is 41.8 Å². The van der Waals surface area contributed by atoms with Gasteiger partial charge in [0.05, 0.1) is 17.0 Å². The second-order valence-electron chi connectivity index (χ2n) is 4.71. The summed E-state index contributed by atoms with van der Waals surface area (Å²) in [6, 6.07) is 11.2. The summed E-state index contributed by atoms with van der Waals surface area (Å²) in [5.74, 6) is -0.849. The molecule has 0 amide bonds. The van der Waals surface area contributed by atoms with Crippen LogP contribution in [0.5, 0.6) is 0 Å². The Bertz CT molecular complexity index is 778. The number of thiophene rings is 1. The zero-order valence-electron chi connectivity index (χ0n) is 11.6. The first-order valence-corrected chi connectivity index (χ1v) is 7.56. The van der Waals surface area contributed by atoms with Crippen LogP contribution < -0.4 is 5.73 Å². The van der Waals surface area contributed by atoms with Gasteiger partial charge in [-0.15, -0.1) is 16.4 Å². The molecule has 0 aliphatic rings. The number of carboxylic acid groups (broad SMARTS) is 1. The normalized spacial score (nSPS) is 10.8. The molecule has 22 heavy (non-hydrogen) atoms. The quantitative estimate of drug-likeness (QED) is 0.752. The number of nitrogens with zero attached hydrogens (tertiary/aromatic N) is 3. The lowest BCUT2D eigenvalue weighted by atomic mass is 10.1. The van der Waals surface area contributed by atoms with Gasteiger partial charge < -0.3 is 10.8 Å². The fraction of sp³-hybridized carbons (Fsp3) is 0.133. The molecule has 0 fully saturated rings. The van der Waals surface area contributed by atoms with Crippen LogP contribution in [0.3, 0.4) is 0 Å². The lowest BCUT2D eigenvalue weighted by Crippen LogP contribution is -2.03. The monoisotopic (exact) mass is 314 g/mol. The van der Waals surface area contributed by atoms with Crippen LogP contribution >= 0.6 is 11.3 Å². The highest BCUT2D eigenvalue weighted by molar-refractivity contribution is 7.13. The van der Waals surface area contributed by atoms with E-state index in [2.05, 4.69) is 10.3 Å². The number of rotatable bonds is 5. The van der Waals surface area contributed by atoms with Gasteiger partial charge in [-0.1, -0.05) is 23.4 Å². The molecule has 2 aromatic heterocycles. The fourth-order valence-corrected chi connectivity index (χ4v) is 3.00. The molecule has 0 spiro atoms. The predicted molar refractivity (Wildman–Crippen MR) is 83.9 cm³/mol. The number of aliphatic carboxylic acids is 1. The van der Waals surface area contributed by atoms with E-state index in [4.69, 9.17) is 10.8 Å². The van der Waals surface area contributed by atoms with E-state index < -0.39 is 5.97 Å². The van der Waals surface area contributed by atoms with Crippen LogP contribution in [-0.4, -0.2) is 26.1 Å². The number of carbonyl (C=O) groups is 1. The highest BCUT2D eigenvalue weighted by Gasteiger charge is 2.16. The average Bonchev–Trinajstić information content (AvgIpc) is 3.16. The van der Waals surface area contributed by atoms with Crippen LogP contribution in [0.2, 0.25) is 0 Å². The van der Waals surface area contributed by atoms with Gasteiger partial charge in [0.25, 0.3) is 0 Å². The summed E-state index contributed by atoms with van der Waals surface area (Å²) < 4.78 is 1.73. The van der Waals surface area contributed by atoms with E-state index in [0.717, 1.165) is 27.5 Å². The molecule has 3 N–H and O–H groups in total. The van der Waals surface area contributed by atoms with E-state index in [1.165, 1.54) is 0 Å². The second kappa shape index (κ2) is 6.08. The molecule has 0 aliphatic heterocycles. The van der Waals surface area contributed by atoms with Crippen LogP contribution in [0.4, 0.5) is 0 Å². The van der Waals surface area contributed by atoms with Gasteiger partial charge in [-0.3, -0.25) is 4.79 Å². The molecule has 3 rings (SSSR count). The SMILES string of the molecule is NCc1nnn(-c2ccc(CC(=O)O)cc2)c1-c1cccs1. The molecule has 0 unspecified atom stereocenters. The summed E-state index contributed by atoms with van der Waals surface area (Å²) >= 11 is 1.60. The van der Waals surface area contributed by atoms with E-state index in [1.54, 1.807) is 28.2 Å². The number of nitrogens with two attached hydrogens (primary N) is 1. The minimum atomic E-state index is -0.849. The summed E-state index contributed by atoms with van der Waals surface area (Å²) in [7, 11) is 0. The van der Waals surface area contributed by atoms with Crippen molar-refractivity contribution >= 4 is 17.3 Å². The van der Waals surface area contributed by atoms with Gasteiger partial charge in [-0.05, 0) is 29.1 Å². The maximum absolute atomic E-state index is 10.7. The van der Waals surface area contributed by atoms with Gasteiger partial charge in [0, 0.05) is 6.54 Å². The Labute approximate surface area is 130 Å². The van der Waals surface area contributed by atoms with E-state index in [1.807, 2.05) is 29.6 Å². The zero-order chi connectivity index (χ0) is 15.5. The molecule has 0 bridgehead atoms.